The number of rotatable bonds is 2. The average molecular weight is 314 g/mol. The van der Waals surface area contributed by atoms with Gasteiger partial charge in [0.05, 0.1) is 24.8 Å². The predicted molar refractivity (Wildman–Crippen MR) is 67.6 cm³/mol. The van der Waals surface area contributed by atoms with E-state index in [4.69, 9.17) is 4.74 Å². The smallest absolute Gasteiger partial charge is 0.143 e. The van der Waals surface area contributed by atoms with Crippen LogP contribution in [0.2, 0.25) is 0 Å². The monoisotopic (exact) mass is 314 g/mol. The van der Waals surface area contributed by atoms with E-state index in [1.165, 1.54) is 0 Å². The third-order valence-corrected chi connectivity index (χ3v) is 2.80. The van der Waals surface area contributed by atoms with Crippen LogP contribution in [-0.4, -0.2) is 16.7 Å². The SMILES string of the molecule is COc1cc(I)ccc1-n1cnc(C)c1. The standard InChI is InChI=1S/C11H11IN2O/c1-8-6-14(7-13-8)10-4-3-9(12)5-11(10)15-2/h3-7H,1-2H3. The molecule has 0 radical (unpaired) electrons. The summed E-state index contributed by atoms with van der Waals surface area (Å²) in [5, 5.41) is 0. The molecule has 0 unspecified atom stereocenters. The Kier molecular flexibility index (Phi) is 2.95. The van der Waals surface area contributed by atoms with Crippen molar-refractivity contribution in [2.45, 2.75) is 6.92 Å². The van der Waals surface area contributed by atoms with Gasteiger partial charge in [0.15, 0.2) is 0 Å². The van der Waals surface area contributed by atoms with Crippen molar-refractivity contribution in [2.24, 2.45) is 0 Å². The molecule has 3 nitrogen and oxygen atoms in total. The fourth-order valence-electron chi connectivity index (χ4n) is 1.42. The van der Waals surface area contributed by atoms with Crippen LogP contribution in [0.25, 0.3) is 5.69 Å². The number of aryl methyl sites for hydroxylation is 1. The van der Waals surface area contributed by atoms with Gasteiger partial charge in [-0.05, 0) is 47.7 Å². The van der Waals surface area contributed by atoms with Crippen molar-refractivity contribution in [2.75, 3.05) is 7.11 Å². The number of hydrogen-bond donors (Lipinski definition) is 0. The summed E-state index contributed by atoms with van der Waals surface area (Å²) in [5.41, 5.74) is 2.01. The summed E-state index contributed by atoms with van der Waals surface area (Å²) in [5.74, 6) is 0.860. The van der Waals surface area contributed by atoms with Crippen LogP contribution in [0, 0.1) is 10.5 Å². The summed E-state index contributed by atoms with van der Waals surface area (Å²) in [6, 6.07) is 6.08. The number of methoxy groups -OCH3 is 1. The lowest BCUT2D eigenvalue weighted by molar-refractivity contribution is 0.412. The van der Waals surface area contributed by atoms with Crippen LogP contribution in [0.1, 0.15) is 5.69 Å². The van der Waals surface area contributed by atoms with E-state index < -0.39 is 0 Å². The molecule has 4 heteroatoms. The molecule has 2 rings (SSSR count). The molecule has 15 heavy (non-hydrogen) atoms. The first-order chi connectivity index (χ1) is 7.20. The quantitative estimate of drug-likeness (QED) is 0.797. The molecule has 0 amide bonds. The lowest BCUT2D eigenvalue weighted by Crippen LogP contribution is -1.95. The van der Waals surface area contributed by atoms with E-state index in [0.717, 1.165) is 20.7 Å². The maximum Gasteiger partial charge on any atom is 0.143 e. The Morgan fingerprint density at radius 3 is 2.80 bits per heavy atom. The highest BCUT2D eigenvalue weighted by Gasteiger charge is 2.05. The molecule has 0 saturated carbocycles. The van der Waals surface area contributed by atoms with Gasteiger partial charge >= 0.3 is 0 Å². The minimum Gasteiger partial charge on any atom is -0.495 e. The van der Waals surface area contributed by atoms with Crippen molar-refractivity contribution in [3.63, 3.8) is 0 Å². The molecule has 0 N–H and O–H groups in total. The first kappa shape index (κ1) is 10.5. The van der Waals surface area contributed by atoms with Gasteiger partial charge in [0, 0.05) is 9.77 Å². The van der Waals surface area contributed by atoms with E-state index >= 15 is 0 Å². The van der Waals surface area contributed by atoms with Gasteiger partial charge in [-0.2, -0.15) is 0 Å². The van der Waals surface area contributed by atoms with Crippen molar-refractivity contribution in [1.29, 1.82) is 0 Å². The van der Waals surface area contributed by atoms with Gasteiger partial charge in [-0.3, -0.25) is 0 Å². The largest absolute Gasteiger partial charge is 0.495 e. The number of hydrogen-bond acceptors (Lipinski definition) is 2. The maximum absolute atomic E-state index is 5.34. The number of halogens is 1. The summed E-state index contributed by atoms with van der Waals surface area (Å²) in [4.78, 5) is 4.20. The predicted octanol–water partition coefficient (Wildman–Crippen LogP) is 2.79. The summed E-state index contributed by atoms with van der Waals surface area (Å²) in [7, 11) is 1.68. The van der Waals surface area contributed by atoms with Gasteiger partial charge in [0.25, 0.3) is 0 Å². The Bertz CT molecular complexity index is 479. The van der Waals surface area contributed by atoms with Crippen LogP contribution in [0.4, 0.5) is 0 Å². The number of ether oxygens (including phenoxy) is 1. The zero-order valence-electron chi connectivity index (χ0n) is 8.57. The van der Waals surface area contributed by atoms with E-state index in [0.29, 0.717) is 0 Å². The second-order valence-electron chi connectivity index (χ2n) is 3.24. The molecule has 0 spiro atoms. The zero-order chi connectivity index (χ0) is 10.8. The molecule has 0 fully saturated rings. The Balaban J connectivity index is 2.52. The molecule has 78 valence electrons. The Morgan fingerprint density at radius 1 is 1.40 bits per heavy atom. The van der Waals surface area contributed by atoms with Crippen molar-refractivity contribution in [3.8, 4) is 11.4 Å². The van der Waals surface area contributed by atoms with E-state index in [2.05, 4.69) is 27.6 Å². The Hall–Kier alpha value is -1.04. The van der Waals surface area contributed by atoms with Gasteiger partial charge in [0.2, 0.25) is 0 Å². The molecule has 0 aliphatic rings. The highest BCUT2D eigenvalue weighted by molar-refractivity contribution is 14.1. The molecule has 0 atom stereocenters. The molecule has 1 heterocycles. The summed E-state index contributed by atoms with van der Waals surface area (Å²) in [6.07, 6.45) is 3.77. The van der Waals surface area contributed by atoms with E-state index in [1.807, 2.05) is 35.9 Å². The topological polar surface area (TPSA) is 27.1 Å². The van der Waals surface area contributed by atoms with E-state index in [-0.39, 0.29) is 0 Å². The molecule has 2 aromatic rings. The molecular weight excluding hydrogens is 303 g/mol. The van der Waals surface area contributed by atoms with Crippen LogP contribution < -0.4 is 4.74 Å². The Labute approximate surface area is 102 Å². The molecule has 1 aromatic heterocycles. The summed E-state index contributed by atoms with van der Waals surface area (Å²) >= 11 is 2.27. The number of benzene rings is 1. The van der Waals surface area contributed by atoms with Gasteiger partial charge in [-0.15, -0.1) is 0 Å². The molecule has 0 bridgehead atoms. The fraction of sp³-hybridized carbons (Fsp3) is 0.182. The first-order valence-electron chi connectivity index (χ1n) is 4.55. The van der Waals surface area contributed by atoms with Crippen molar-refractivity contribution in [3.05, 3.63) is 40.0 Å². The van der Waals surface area contributed by atoms with Crippen LogP contribution in [0.5, 0.6) is 5.75 Å². The van der Waals surface area contributed by atoms with Crippen molar-refractivity contribution >= 4 is 22.6 Å². The van der Waals surface area contributed by atoms with E-state index in [9.17, 15) is 0 Å². The summed E-state index contributed by atoms with van der Waals surface area (Å²) in [6.45, 7) is 1.97. The van der Waals surface area contributed by atoms with Crippen molar-refractivity contribution in [1.82, 2.24) is 9.55 Å². The third kappa shape index (κ3) is 2.14. The second kappa shape index (κ2) is 4.22. The van der Waals surface area contributed by atoms with Crippen molar-refractivity contribution < 1.29 is 4.74 Å². The maximum atomic E-state index is 5.34. The molecule has 1 aromatic carbocycles. The van der Waals surface area contributed by atoms with Crippen LogP contribution in [0.15, 0.2) is 30.7 Å². The lowest BCUT2D eigenvalue weighted by atomic mass is 10.3. The molecule has 0 aliphatic carbocycles. The van der Waals surface area contributed by atoms with Gasteiger partial charge in [-0.1, -0.05) is 0 Å². The van der Waals surface area contributed by atoms with Gasteiger partial charge in [0.1, 0.15) is 5.75 Å². The normalized spacial score (nSPS) is 10.3. The molecular formula is C11H11IN2O. The van der Waals surface area contributed by atoms with Crippen LogP contribution >= 0.6 is 22.6 Å². The highest BCUT2D eigenvalue weighted by atomic mass is 127. The minimum absolute atomic E-state index is 0.860. The second-order valence-corrected chi connectivity index (χ2v) is 4.48. The number of imidazole rings is 1. The minimum atomic E-state index is 0.860. The van der Waals surface area contributed by atoms with Gasteiger partial charge in [-0.25, -0.2) is 4.98 Å². The molecule has 0 aliphatic heterocycles. The number of nitrogens with zero attached hydrogens (tertiary/aromatic N) is 2. The van der Waals surface area contributed by atoms with Crippen LogP contribution in [-0.2, 0) is 0 Å². The van der Waals surface area contributed by atoms with Crippen LogP contribution in [0.3, 0.4) is 0 Å². The fourth-order valence-corrected chi connectivity index (χ4v) is 1.88. The zero-order valence-corrected chi connectivity index (χ0v) is 10.7. The molecule has 0 saturated heterocycles. The first-order valence-corrected chi connectivity index (χ1v) is 5.63. The van der Waals surface area contributed by atoms with E-state index in [1.54, 1.807) is 13.4 Å². The average Bonchev–Trinajstić information content (AvgIpc) is 2.64. The number of aromatic nitrogens is 2. The highest BCUT2D eigenvalue weighted by Crippen LogP contribution is 2.24. The van der Waals surface area contributed by atoms with Gasteiger partial charge < -0.3 is 9.30 Å². The third-order valence-electron chi connectivity index (χ3n) is 2.13. The lowest BCUT2D eigenvalue weighted by Gasteiger charge is -2.08. The summed E-state index contributed by atoms with van der Waals surface area (Å²) < 4.78 is 8.46. The Morgan fingerprint density at radius 2 is 2.20 bits per heavy atom.